The number of nitrogens with one attached hydrogen (secondary N) is 1. The topological polar surface area (TPSA) is 62.2 Å². The van der Waals surface area contributed by atoms with Crippen molar-refractivity contribution in [3.63, 3.8) is 0 Å². The number of pyridine rings is 1. The number of thiophene rings is 1. The van der Waals surface area contributed by atoms with Gasteiger partial charge < -0.3 is 10.4 Å². The van der Waals surface area contributed by atoms with Crippen molar-refractivity contribution in [3.8, 4) is 0 Å². The van der Waals surface area contributed by atoms with Gasteiger partial charge in [0.1, 0.15) is 5.82 Å². The molecule has 0 atom stereocenters. The molecule has 88 valence electrons. The van der Waals surface area contributed by atoms with Crippen molar-refractivity contribution < 1.29 is 9.90 Å². The Morgan fingerprint density at radius 1 is 1.53 bits per heavy atom. The average Bonchev–Trinajstić information content (AvgIpc) is 2.73. The molecule has 0 saturated carbocycles. The Morgan fingerprint density at radius 3 is 3.00 bits per heavy atom. The van der Waals surface area contributed by atoms with Crippen LogP contribution in [0, 0.1) is 0 Å². The molecule has 2 N–H and O–H groups in total. The van der Waals surface area contributed by atoms with E-state index >= 15 is 0 Å². The van der Waals surface area contributed by atoms with E-state index in [9.17, 15) is 4.79 Å². The van der Waals surface area contributed by atoms with E-state index in [1.807, 2.05) is 11.4 Å². The summed E-state index contributed by atoms with van der Waals surface area (Å²) in [6, 6.07) is 6.90. The summed E-state index contributed by atoms with van der Waals surface area (Å²) < 4.78 is 1.05. The Balaban J connectivity index is 2.04. The van der Waals surface area contributed by atoms with Gasteiger partial charge in [-0.2, -0.15) is 0 Å². The van der Waals surface area contributed by atoms with E-state index in [0.29, 0.717) is 12.4 Å². The van der Waals surface area contributed by atoms with Crippen LogP contribution in [0.15, 0.2) is 34.1 Å². The van der Waals surface area contributed by atoms with Gasteiger partial charge in [-0.25, -0.2) is 9.78 Å². The third-order valence-corrected chi connectivity index (χ3v) is 3.73. The number of halogens is 1. The molecule has 0 aliphatic rings. The quantitative estimate of drug-likeness (QED) is 0.910. The summed E-state index contributed by atoms with van der Waals surface area (Å²) in [5.74, 6) is -0.457. The monoisotopic (exact) mass is 312 g/mol. The molecule has 17 heavy (non-hydrogen) atoms. The molecule has 0 bridgehead atoms. The Kier molecular flexibility index (Phi) is 3.75. The highest BCUT2D eigenvalue weighted by Gasteiger charge is 2.05. The summed E-state index contributed by atoms with van der Waals surface area (Å²) in [7, 11) is 0. The van der Waals surface area contributed by atoms with Crippen LogP contribution < -0.4 is 5.32 Å². The summed E-state index contributed by atoms with van der Waals surface area (Å²) >= 11 is 5.00. The van der Waals surface area contributed by atoms with Gasteiger partial charge in [-0.1, -0.05) is 6.07 Å². The Bertz CT molecular complexity index is 542. The van der Waals surface area contributed by atoms with Gasteiger partial charge >= 0.3 is 5.97 Å². The Hall–Kier alpha value is -1.40. The molecule has 0 spiro atoms. The fourth-order valence-corrected chi connectivity index (χ4v) is 2.67. The molecule has 0 saturated heterocycles. The number of hydrogen-bond acceptors (Lipinski definition) is 4. The molecule has 2 heterocycles. The normalized spacial score (nSPS) is 10.2. The lowest BCUT2D eigenvalue weighted by Crippen LogP contribution is -2.04. The minimum absolute atomic E-state index is 0.0439. The molecule has 0 aromatic carbocycles. The van der Waals surface area contributed by atoms with E-state index in [0.717, 1.165) is 9.35 Å². The van der Waals surface area contributed by atoms with Crippen LogP contribution in [-0.4, -0.2) is 16.1 Å². The van der Waals surface area contributed by atoms with Crippen LogP contribution in [0.3, 0.4) is 0 Å². The molecule has 0 unspecified atom stereocenters. The van der Waals surface area contributed by atoms with E-state index in [1.54, 1.807) is 23.5 Å². The maximum Gasteiger partial charge on any atom is 0.354 e. The number of hydrogen-bond donors (Lipinski definition) is 2. The molecule has 2 aromatic heterocycles. The van der Waals surface area contributed by atoms with Gasteiger partial charge in [0.25, 0.3) is 0 Å². The van der Waals surface area contributed by atoms with Crippen LogP contribution in [-0.2, 0) is 6.54 Å². The SMILES string of the molecule is O=C(O)c1cccc(NCc2cc(Br)cs2)n1. The minimum atomic E-state index is -1.02. The fourth-order valence-electron chi connectivity index (χ4n) is 1.28. The largest absolute Gasteiger partial charge is 0.477 e. The molecule has 2 rings (SSSR count). The summed E-state index contributed by atoms with van der Waals surface area (Å²) in [5.41, 5.74) is 0.0439. The number of carboxylic acid groups (broad SMARTS) is 1. The highest BCUT2D eigenvalue weighted by molar-refractivity contribution is 9.10. The van der Waals surface area contributed by atoms with Gasteiger partial charge in [0.2, 0.25) is 0 Å². The Morgan fingerprint density at radius 2 is 2.35 bits per heavy atom. The number of nitrogens with zero attached hydrogens (tertiary/aromatic N) is 1. The molecule has 6 heteroatoms. The second-order valence-corrected chi connectivity index (χ2v) is 5.21. The van der Waals surface area contributed by atoms with Crippen molar-refractivity contribution in [1.82, 2.24) is 4.98 Å². The van der Waals surface area contributed by atoms with E-state index in [2.05, 4.69) is 26.2 Å². The summed E-state index contributed by atoms with van der Waals surface area (Å²) in [5, 5.41) is 13.9. The number of aromatic carboxylic acids is 1. The zero-order chi connectivity index (χ0) is 12.3. The van der Waals surface area contributed by atoms with Crippen molar-refractivity contribution in [2.45, 2.75) is 6.54 Å². The van der Waals surface area contributed by atoms with Crippen molar-refractivity contribution >= 4 is 39.1 Å². The first-order valence-electron chi connectivity index (χ1n) is 4.82. The molecule has 0 amide bonds. The van der Waals surface area contributed by atoms with Gasteiger partial charge in [0, 0.05) is 14.7 Å². The van der Waals surface area contributed by atoms with E-state index in [-0.39, 0.29) is 5.69 Å². The lowest BCUT2D eigenvalue weighted by molar-refractivity contribution is 0.0690. The van der Waals surface area contributed by atoms with Crippen molar-refractivity contribution in [3.05, 3.63) is 44.7 Å². The van der Waals surface area contributed by atoms with Gasteiger partial charge in [0.15, 0.2) is 5.69 Å². The zero-order valence-electron chi connectivity index (χ0n) is 8.68. The van der Waals surface area contributed by atoms with E-state index < -0.39 is 5.97 Å². The third kappa shape index (κ3) is 3.28. The second kappa shape index (κ2) is 5.29. The van der Waals surface area contributed by atoms with Gasteiger partial charge in [-0.05, 0) is 34.1 Å². The smallest absolute Gasteiger partial charge is 0.354 e. The lowest BCUT2D eigenvalue weighted by Gasteiger charge is -2.04. The fraction of sp³-hybridized carbons (Fsp3) is 0.0909. The van der Waals surface area contributed by atoms with Crippen LogP contribution in [0.4, 0.5) is 5.82 Å². The van der Waals surface area contributed by atoms with Crippen molar-refractivity contribution in [2.24, 2.45) is 0 Å². The number of carboxylic acids is 1. The molecular weight excluding hydrogens is 304 g/mol. The molecule has 0 fully saturated rings. The first-order chi connectivity index (χ1) is 8.15. The molecule has 0 aliphatic carbocycles. The van der Waals surface area contributed by atoms with Crippen LogP contribution in [0.5, 0.6) is 0 Å². The number of rotatable bonds is 4. The van der Waals surface area contributed by atoms with Gasteiger partial charge in [-0.3, -0.25) is 0 Å². The lowest BCUT2D eigenvalue weighted by atomic mass is 10.3. The van der Waals surface area contributed by atoms with E-state index in [4.69, 9.17) is 5.11 Å². The first kappa shape index (κ1) is 12.1. The maximum atomic E-state index is 10.7. The van der Waals surface area contributed by atoms with Crippen LogP contribution in [0.1, 0.15) is 15.4 Å². The average molecular weight is 313 g/mol. The highest BCUT2D eigenvalue weighted by atomic mass is 79.9. The van der Waals surface area contributed by atoms with E-state index in [1.165, 1.54) is 6.07 Å². The number of anilines is 1. The summed E-state index contributed by atoms with van der Waals surface area (Å²) in [6.45, 7) is 0.631. The van der Waals surface area contributed by atoms with Crippen LogP contribution >= 0.6 is 27.3 Å². The first-order valence-corrected chi connectivity index (χ1v) is 6.49. The molecule has 0 aliphatic heterocycles. The van der Waals surface area contributed by atoms with Crippen LogP contribution in [0.25, 0.3) is 0 Å². The standard InChI is InChI=1S/C11H9BrN2O2S/c12-7-4-8(17-6-7)5-13-10-3-1-2-9(14-10)11(15)16/h1-4,6H,5H2,(H,13,14)(H,15,16). The van der Waals surface area contributed by atoms with Crippen LogP contribution in [0.2, 0.25) is 0 Å². The molecule has 2 aromatic rings. The zero-order valence-corrected chi connectivity index (χ0v) is 11.1. The maximum absolute atomic E-state index is 10.7. The predicted molar refractivity (Wildman–Crippen MR) is 70.5 cm³/mol. The molecular formula is C11H9BrN2O2S. The summed E-state index contributed by atoms with van der Waals surface area (Å²) in [6.07, 6.45) is 0. The van der Waals surface area contributed by atoms with Gasteiger partial charge in [0.05, 0.1) is 6.54 Å². The van der Waals surface area contributed by atoms with Crippen molar-refractivity contribution in [1.29, 1.82) is 0 Å². The molecule has 4 nitrogen and oxygen atoms in total. The second-order valence-electron chi connectivity index (χ2n) is 3.30. The van der Waals surface area contributed by atoms with Crippen molar-refractivity contribution in [2.75, 3.05) is 5.32 Å². The predicted octanol–water partition coefficient (Wildman–Crippen LogP) is 3.22. The number of aromatic nitrogens is 1. The highest BCUT2D eigenvalue weighted by Crippen LogP contribution is 2.20. The molecule has 0 radical (unpaired) electrons. The third-order valence-electron chi connectivity index (χ3n) is 2.03. The van der Waals surface area contributed by atoms with Gasteiger partial charge in [-0.15, -0.1) is 11.3 Å². The Labute approximate surface area is 110 Å². The minimum Gasteiger partial charge on any atom is -0.477 e. The summed E-state index contributed by atoms with van der Waals surface area (Å²) in [4.78, 5) is 15.9. The number of carbonyl (C=O) groups is 1.